The molecule has 2 heterocycles. The first-order chi connectivity index (χ1) is 21.2. The van der Waals surface area contributed by atoms with Crippen molar-refractivity contribution in [2.45, 2.75) is 52.5 Å². The molecule has 3 aromatic carbocycles. The molecule has 2 aliphatic heterocycles. The first-order valence-electron chi connectivity index (χ1n) is 14.5. The van der Waals surface area contributed by atoms with E-state index in [4.69, 9.17) is 19.2 Å². The molecule has 0 aromatic heterocycles. The van der Waals surface area contributed by atoms with E-state index in [2.05, 4.69) is 0 Å². The highest BCUT2D eigenvalue weighted by Gasteiger charge is 2.42. The Morgan fingerprint density at radius 2 is 1.66 bits per heavy atom. The van der Waals surface area contributed by atoms with Gasteiger partial charge in [0.2, 0.25) is 5.91 Å². The molecule has 0 N–H and O–H groups in total. The molecule has 44 heavy (non-hydrogen) atoms. The molecular weight excluding hydrogens is 574 g/mol. The molecule has 0 fully saturated rings. The van der Waals surface area contributed by atoms with E-state index in [0.717, 1.165) is 22.4 Å². The van der Waals surface area contributed by atoms with E-state index in [1.807, 2.05) is 110 Å². The summed E-state index contributed by atoms with van der Waals surface area (Å²) in [4.78, 5) is 35.5. The first kappa shape index (κ1) is 30.9. The van der Waals surface area contributed by atoms with Crippen LogP contribution in [0.4, 0.5) is 0 Å². The fourth-order valence-corrected chi connectivity index (χ4v) is 6.13. The van der Waals surface area contributed by atoms with Crippen molar-refractivity contribution in [1.82, 2.24) is 9.80 Å². The van der Waals surface area contributed by atoms with Gasteiger partial charge in [-0.25, -0.2) is 9.79 Å². The minimum atomic E-state index is -0.584. The van der Waals surface area contributed by atoms with Crippen LogP contribution in [0.15, 0.2) is 106 Å². The highest BCUT2D eigenvalue weighted by atomic mass is 32.2. The van der Waals surface area contributed by atoms with Crippen molar-refractivity contribution in [3.05, 3.63) is 118 Å². The summed E-state index contributed by atoms with van der Waals surface area (Å²) in [6, 6.07) is 24.9. The maximum atomic E-state index is 13.6. The van der Waals surface area contributed by atoms with Crippen LogP contribution in [0.5, 0.6) is 11.5 Å². The lowest BCUT2D eigenvalue weighted by Crippen LogP contribution is -2.38. The van der Waals surface area contributed by atoms with Crippen molar-refractivity contribution in [2.24, 2.45) is 4.99 Å². The van der Waals surface area contributed by atoms with Gasteiger partial charge in [0.15, 0.2) is 16.7 Å². The van der Waals surface area contributed by atoms with E-state index in [-0.39, 0.29) is 18.4 Å². The number of carbonyl (C=O) groups excluding carboxylic acids is 2. The minimum Gasteiger partial charge on any atom is -0.493 e. The lowest BCUT2D eigenvalue weighted by Gasteiger charge is -2.37. The van der Waals surface area contributed by atoms with Gasteiger partial charge in [-0.1, -0.05) is 78.5 Å². The summed E-state index contributed by atoms with van der Waals surface area (Å²) in [6.07, 6.45) is -0.166. The molecule has 0 radical (unpaired) electrons. The summed E-state index contributed by atoms with van der Waals surface area (Å²) in [6.45, 7) is 6.34. The lowest BCUT2D eigenvalue weighted by molar-refractivity contribution is -0.143. The topological polar surface area (TPSA) is 80.7 Å². The van der Waals surface area contributed by atoms with Crippen LogP contribution in [-0.4, -0.2) is 47.1 Å². The second-order valence-electron chi connectivity index (χ2n) is 10.9. The summed E-state index contributed by atoms with van der Waals surface area (Å²) >= 11 is 1.44. The van der Waals surface area contributed by atoms with Gasteiger partial charge in [0, 0.05) is 19.3 Å². The van der Waals surface area contributed by atoms with Gasteiger partial charge in [-0.3, -0.25) is 4.79 Å². The van der Waals surface area contributed by atoms with E-state index >= 15 is 0 Å². The van der Waals surface area contributed by atoms with Crippen LogP contribution in [0, 0.1) is 0 Å². The van der Waals surface area contributed by atoms with Gasteiger partial charge < -0.3 is 24.0 Å². The Balaban J connectivity index is 1.46. The van der Waals surface area contributed by atoms with Gasteiger partial charge in [0.1, 0.15) is 6.61 Å². The molecule has 9 heteroatoms. The van der Waals surface area contributed by atoms with E-state index < -0.39 is 12.0 Å². The maximum absolute atomic E-state index is 13.6. The second-order valence-corrected chi connectivity index (χ2v) is 11.8. The fraction of sp³-hybridized carbons (Fsp3) is 0.286. The summed E-state index contributed by atoms with van der Waals surface area (Å²) in [5, 5.41) is 2.64. The van der Waals surface area contributed by atoms with Crippen LogP contribution in [0.2, 0.25) is 0 Å². The molecule has 5 rings (SSSR count). The number of esters is 1. The Morgan fingerprint density at radius 1 is 0.977 bits per heavy atom. The van der Waals surface area contributed by atoms with Crippen molar-refractivity contribution >= 4 is 28.8 Å². The number of amidine groups is 1. The zero-order chi connectivity index (χ0) is 31.2. The van der Waals surface area contributed by atoms with E-state index in [1.54, 1.807) is 19.1 Å². The fourth-order valence-electron chi connectivity index (χ4n) is 5.17. The summed E-state index contributed by atoms with van der Waals surface area (Å²) in [5.41, 5.74) is 4.63. The average molecular weight is 612 g/mol. The van der Waals surface area contributed by atoms with Crippen molar-refractivity contribution in [2.75, 3.05) is 14.2 Å². The molecule has 0 saturated heterocycles. The summed E-state index contributed by atoms with van der Waals surface area (Å²) in [5.74, 6) is 0.631. The smallest absolute Gasteiger partial charge is 0.338 e. The Kier molecular flexibility index (Phi) is 9.75. The Bertz CT molecular complexity index is 1600. The van der Waals surface area contributed by atoms with Crippen molar-refractivity contribution < 1.29 is 23.8 Å². The molecular formula is C35H37N3O5S. The molecule has 0 bridgehead atoms. The zero-order valence-corrected chi connectivity index (χ0v) is 26.5. The monoisotopic (exact) mass is 611 g/mol. The minimum absolute atomic E-state index is 0.0412. The van der Waals surface area contributed by atoms with Gasteiger partial charge >= 0.3 is 5.97 Å². The highest BCUT2D eigenvalue weighted by molar-refractivity contribution is 8.16. The van der Waals surface area contributed by atoms with E-state index in [1.165, 1.54) is 11.8 Å². The Morgan fingerprint density at radius 3 is 2.32 bits per heavy atom. The molecule has 0 unspecified atom stereocenters. The van der Waals surface area contributed by atoms with E-state index in [9.17, 15) is 9.59 Å². The average Bonchev–Trinajstić information content (AvgIpc) is 3.41. The first-order valence-corrected chi connectivity index (χ1v) is 15.4. The van der Waals surface area contributed by atoms with Crippen molar-refractivity contribution in [3.8, 4) is 11.5 Å². The molecule has 0 spiro atoms. The number of hydrogen-bond acceptors (Lipinski definition) is 8. The van der Waals surface area contributed by atoms with Crippen LogP contribution in [-0.2, 0) is 27.5 Å². The van der Waals surface area contributed by atoms with Crippen LogP contribution in [0.25, 0.3) is 0 Å². The predicted molar refractivity (Wildman–Crippen MR) is 173 cm³/mol. The number of aliphatic imine (C=N–C) groups is 1. The molecule has 8 nitrogen and oxygen atoms in total. The largest absolute Gasteiger partial charge is 0.493 e. The van der Waals surface area contributed by atoms with Gasteiger partial charge in [0.05, 0.1) is 36.9 Å². The SMILES string of the molecule is COc1cc([C@@H]2C(C(=O)OC(C)C)=C(C)N=C3SC=C(CC(=O)N(C)Cc4ccccc4)N32)ccc1OCc1ccccc1. The number of hydrogen-bond donors (Lipinski definition) is 0. The second kappa shape index (κ2) is 13.9. The van der Waals surface area contributed by atoms with Gasteiger partial charge in [0.25, 0.3) is 0 Å². The van der Waals surface area contributed by atoms with Crippen molar-refractivity contribution in [1.29, 1.82) is 0 Å². The van der Waals surface area contributed by atoms with E-state index in [0.29, 0.717) is 41.1 Å². The molecule has 3 aromatic rings. The highest BCUT2D eigenvalue weighted by Crippen LogP contribution is 2.46. The van der Waals surface area contributed by atoms with Crippen LogP contribution < -0.4 is 9.47 Å². The van der Waals surface area contributed by atoms with Gasteiger partial charge in [-0.05, 0) is 55.0 Å². The lowest BCUT2D eigenvalue weighted by atomic mass is 9.93. The number of nitrogens with zero attached hydrogens (tertiary/aromatic N) is 3. The number of ether oxygens (including phenoxy) is 3. The number of carbonyl (C=O) groups is 2. The molecule has 228 valence electrons. The molecule has 2 aliphatic rings. The molecule has 0 aliphatic carbocycles. The third-order valence-corrected chi connectivity index (χ3v) is 8.21. The van der Waals surface area contributed by atoms with Crippen LogP contribution in [0.3, 0.4) is 0 Å². The number of methoxy groups -OCH3 is 1. The maximum Gasteiger partial charge on any atom is 0.338 e. The Hall–Kier alpha value is -4.50. The van der Waals surface area contributed by atoms with Gasteiger partial charge in [-0.2, -0.15) is 0 Å². The summed E-state index contributed by atoms with van der Waals surface area (Å²) < 4.78 is 17.6. The predicted octanol–water partition coefficient (Wildman–Crippen LogP) is 6.85. The number of allylic oxidation sites excluding steroid dienone is 1. The Labute approximate surface area is 263 Å². The normalized spacial score (nSPS) is 15.9. The number of rotatable bonds is 11. The molecule has 0 saturated carbocycles. The summed E-state index contributed by atoms with van der Waals surface area (Å²) in [7, 11) is 3.39. The van der Waals surface area contributed by atoms with Crippen molar-refractivity contribution in [3.63, 3.8) is 0 Å². The third-order valence-electron chi connectivity index (χ3n) is 7.32. The number of fused-ring (bicyclic) bond motifs is 1. The van der Waals surface area contributed by atoms with Gasteiger partial charge in [-0.15, -0.1) is 0 Å². The zero-order valence-electron chi connectivity index (χ0n) is 25.7. The molecule has 1 atom stereocenters. The third kappa shape index (κ3) is 7.00. The number of thioether (sulfide) groups is 1. The molecule has 1 amide bonds. The quantitative estimate of drug-likeness (QED) is 0.220. The standard InChI is InChI=1S/C35H37N3O5S/c1-23(2)43-34(40)32-24(3)36-35-38(28(22-44-35)19-31(39)37(4)20-25-12-8-6-9-13-25)33(32)27-16-17-29(30(18-27)41-5)42-21-26-14-10-7-11-15-26/h6-18,22-23,33H,19-21H2,1-5H3/t33-/m1/s1. The van der Waals surface area contributed by atoms with Crippen LogP contribution in [0.1, 0.15) is 49.9 Å². The van der Waals surface area contributed by atoms with Crippen LogP contribution >= 0.6 is 11.8 Å². The number of benzene rings is 3. The number of amides is 1.